The Morgan fingerprint density at radius 3 is 2.48 bits per heavy atom. The van der Waals surface area contributed by atoms with Crippen molar-refractivity contribution in [3.05, 3.63) is 30.3 Å². The van der Waals surface area contributed by atoms with Crippen LogP contribution in [0.1, 0.15) is 6.42 Å². The van der Waals surface area contributed by atoms with Gasteiger partial charge in [-0.1, -0.05) is 30.3 Å². The predicted octanol–water partition coefficient (Wildman–Crippen LogP) is 0.525. The van der Waals surface area contributed by atoms with Crippen LogP contribution in [0.15, 0.2) is 30.3 Å². The van der Waals surface area contributed by atoms with E-state index >= 15 is 0 Å². The summed E-state index contributed by atoms with van der Waals surface area (Å²) in [5.41, 5.74) is 6.29. The topological polar surface area (TPSA) is 119 Å². The standard InChI is InChI=1S/C13H12FN5O3S/c14-23(21,22)9-6-10(20)19(7-9)13-17-11(16-12(15)18-13)8-4-2-1-3-5-8/h1-5,9H,6-7H2,(H2,15,16,17,18). The molecule has 1 unspecified atom stereocenters. The number of amides is 1. The summed E-state index contributed by atoms with van der Waals surface area (Å²) in [5.74, 6) is -0.547. The Labute approximate surface area is 131 Å². The van der Waals surface area contributed by atoms with E-state index in [0.29, 0.717) is 5.56 Å². The summed E-state index contributed by atoms with van der Waals surface area (Å²) < 4.78 is 35.1. The fraction of sp³-hybridized carbons (Fsp3) is 0.231. The number of anilines is 2. The molecule has 1 saturated heterocycles. The van der Waals surface area contributed by atoms with Crippen LogP contribution in [0.25, 0.3) is 11.4 Å². The number of nitrogens with two attached hydrogens (primary N) is 1. The Morgan fingerprint density at radius 2 is 1.87 bits per heavy atom. The van der Waals surface area contributed by atoms with Crippen LogP contribution in [-0.4, -0.2) is 41.1 Å². The number of halogens is 1. The van der Waals surface area contributed by atoms with Gasteiger partial charge in [-0.3, -0.25) is 9.69 Å². The first kappa shape index (κ1) is 15.3. The Kier molecular flexibility index (Phi) is 3.68. The molecule has 1 fully saturated rings. The van der Waals surface area contributed by atoms with Gasteiger partial charge in [0.2, 0.25) is 17.8 Å². The lowest BCUT2D eigenvalue weighted by Gasteiger charge is -2.14. The number of benzene rings is 1. The van der Waals surface area contributed by atoms with Gasteiger partial charge in [-0.15, -0.1) is 3.89 Å². The molecule has 1 aliphatic heterocycles. The summed E-state index contributed by atoms with van der Waals surface area (Å²) in [7, 11) is -4.81. The molecule has 1 aliphatic rings. The third-order valence-corrected chi connectivity index (χ3v) is 4.51. The number of carbonyl (C=O) groups is 1. The van der Waals surface area contributed by atoms with Crippen molar-refractivity contribution in [2.24, 2.45) is 0 Å². The zero-order chi connectivity index (χ0) is 16.6. The second-order valence-electron chi connectivity index (χ2n) is 4.99. The van der Waals surface area contributed by atoms with E-state index in [1.165, 1.54) is 0 Å². The number of rotatable bonds is 3. The number of hydrogen-bond donors (Lipinski definition) is 1. The van der Waals surface area contributed by atoms with Crippen LogP contribution in [0.4, 0.5) is 15.8 Å². The van der Waals surface area contributed by atoms with Gasteiger partial charge < -0.3 is 5.73 Å². The summed E-state index contributed by atoms with van der Waals surface area (Å²) in [4.78, 5) is 24.9. The van der Waals surface area contributed by atoms with Crippen molar-refractivity contribution in [1.29, 1.82) is 0 Å². The molecule has 0 spiro atoms. The highest BCUT2D eigenvalue weighted by molar-refractivity contribution is 7.87. The third-order valence-electron chi connectivity index (χ3n) is 3.40. The van der Waals surface area contributed by atoms with E-state index < -0.39 is 27.8 Å². The molecule has 1 amide bonds. The van der Waals surface area contributed by atoms with Gasteiger partial charge in [0.1, 0.15) is 5.25 Å². The Morgan fingerprint density at radius 1 is 1.17 bits per heavy atom. The second-order valence-corrected chi connectivity index (χ2v) is 6.61. The highest BCUT2D eigenvalue weighted by atomic mass is 32.3. The van der Waals surface area contributed by atoms with Crippen molar-refractivity contribution in [3.63, 3.8) is 0 Å². The van der Waals surface area contributed by atoms with Gasteiger partial charge >= 0.3 is 10.2 Å². The monoisotopic (exact) mass is 337 g/mol. The first-order chi connectivity index (χ1) is 10.8. The van der Waals surface area contributed by atoms with Crippen LogP contribution in [0, 0.1) is 0 Å². The number of aromatic nitrogens is 3. The van der Waals surface area contributed by atoms with Gasteiger partial charge in [0.05, 0.1) is 0 Å². The fourth-order valence-electron chi connectivity index (χ4n) is 2.27. The molecule has 0 radical (unpaired) electrons. The number of nitrogen functional groups attached to an aromatic ring is 1. The van der Waals surface area contributed by atoms with Crippen molar-refractivity contribution >= 4 is 28.0 Å². The average molecular weight is 337 g/mol. The SMILES string of the molecule is Nc1nc(-c2ccccc2)nc(N2CC(S(=O)(=O)F)CC2=O)n1. The number of nitrogens with zero attached hydrogens (tertiary/aromatic N) is 4. The van der Waals surface area contributed by atoms with Gasteiger partial charge in [0.25, 0.3) is 0 Å². The minimum Gasteiger partial charge on any atom is -0.368 e. The lowest BCUT2D eigenvalue weighted by molar-refractivity contribution is -0.117. The third kappa shape index (κ3) is 3.11. The maximum atomic E-state index is 13.1. The van der Waals surface area contributed by atoms with Crippen LogP contribution in [0.5, 0.6) is 0 Å². The molecule has 3 rings (SSSR count). The zero-order valence-corrected chi connectivity index (χ0v) is 12.6. The van der Waals surface area contributed by atoms with Gasteiger partial charge in [-0.2, -0.15) is 23.4 Å². The van der Waals surface area contributed by atoms with Gasteiger partial charge in [0.15, 0.2) is 5.82 Å². The molecule has 10 heteroatoms. The summed E-state index contributed by atoms with van der Waals surface area (Å²) in [6.07, 6.45) is -0.453. The molecular formula is C13H12FN5O3S. The van der Waals surface area contributed by atoms with E-state index in [0.717, 1.165) is 4.90 Å². The second kappa shape index (κ2) is 5.54. The molecular weight excluding hydrogens is 325 g/mol. The molecule has 1 aromatic carbocycles. The smallest absolute Gasteiger partial charge is 0.307 e. The van der Waals surface area contributed by atoms with Crippen molar-refractivity contribution in [2.75, 3.05) is 17.2 Å². The minimum atomic E-state index is -4.81. The van der Waals surface area contributed by atoms with Crippen molar-refractivity contribution < 1.29 is 17.1 Å². The molecule has 2 heterocycles. The molecule has 2 N–H and O–H groups in total. The molecule has 0 aliphatic carbocycles. The minimum absolute atomic E-state index is 0.0903. The van der Waals surface area contributed by atoms with E-state index in [4.69, 9.17) is 5.73 Å². The van der Waals surface area contributed by atoms with E-state index in [1.54, 1.807) is 24.3 Å². The molecule has 2 aromatic rings. The quantitative estimate of drug-likeness (QED) is 0.811. The van der Waals surface area contributed by atoms with Crippen molar-refractivity contribution in [3.8, 4) is 11.4 Å². The lowest BCUT2D eigenvalue weighted by Crippen LogP contribution is -2.29. The summed E-state index contributed by atoms with van der Waals surface area (Å²) in [5, 5.41) is -1.42. The van der Waals surface area contributed by atoms with Crippen molar-refractivity contribution in [2.45, 2.75) is 11.7 Å². The molecule has 1 aromatic heterocycles. The molecule has 120 valence electrons. The summed E-state index contributed by atoms with van der Waals surface area (Å²) in [6.45, 7) is -0.352. The highest BCUT2D eigenvalue weighted by Crippen LogP contribution is 2.25. The Bertz CT molecular complexity index is 859. The highest BCUT2D eigenvalue weighted by Gasteiger charge is 2.40. The van der Waals surface area contributed by atoms with E-state index in [1.807, 2.05) is 6.07 Å². The summed E-state index contributed by atoms with van der Waals surface area (Å²) >= 11 is 0. The van der Waals surface area contributed by atoms with Gasteiger partial charge in [-0.25, -0.2) is 0 Å². The van der Waals surface area contributed by atoms with Crippen LogP contribution >= 0.6 is 0 Å². The lowest BCUT2D eigenvalue weighted by atomic mass is 10.2. The van der Waals surface area contributed by atoms with Crippen LogP contribution in [0.2, 0.25) is 0 Å². The first-order valence-electron chi connectivity index (χ1n) is 6.65. The van der Waals surface area contributed by atoms with E-state index in [-0.39, 0.29) is 24.3 Å². The van der Waals surface area contributed by atoms with Crippen LogP contribution in [-0.2, 0) is 15.0 Å². The van der Waals surface area contributed by atoms with Gasteiger partial charge in [0, 0.05) is 18.5 Å². The normalized spacial score (nSPS) is 18.4. The van der Waals surface area contributed by atoms with E-state index in [2.05, 4.69) is 15.0 Å². The molecule has 1 atom stereocenters. The Hall–Kier alpha value is -2.62. The zero-order valence-electron chi connectivity index (χ0n) is 11.8. The molecule has 23 heavy (non-hydrogen) atoms. The largest absolute Gasteiger partial charge is 0.368 e. The molecule has 0 saturated carbocycles. The van der Waals surface area contributed by atoms with Gasteiger partial charge in [-0.05, 0) is 0 Å². The predicted molar refractivity (Wildman–Crippen MR) is 80.5 cm³/mol. The number of hydrogen-bond acceptors (Lipinski definition) is 7. The van der Waals surface area contributed by atoms with Crippen LogP contribution in [0.3, 0.4) is 0 Å². The Balaban J connectivity index is 1.98. The van der Waals surface area contributed by atoms with Crippen LogP contribution < -0.4 is 10.6 Å². The maximum Gasteiger partial charge on any atom is 0.307 e. The molecule has 8 nitrogen and oxygen atoms in total. The van der Waals surface area contributed by atoms with E-state index in [9.17, 15) is 17.1 Å². The first-order valence-corrected chi connectivity index (χ1v) is 8.10. The molecule has 0 bridgehead atoms. The maximum absolute atomic E-state index is 13.1. The fourth-order valence-corrected chi connectivity index (χ4v) is 2.94. The number of carbonyl (C=O) groups excluding carboxylic acids is 1. The average Bonchev–Trinajstić information content (AvgIpc) is 2.90. The summed E-state index contributed by atoms with van der Waals surface area (Å²) in [6, 6.07) is 8.87. The van der Waals surface area contributed by atoms with Crippen molar-refractivity contribution in [1.82, 2.24) is 15.0 Å².